The Labute approximate surface area is 112 Å². The van der Waals surface area contributed by atoms with Crippen LogP contribution in [0.4, 0.5) is 4.39 Å². The second kappa shape index (κ2) is 5.17. The van der Waals surface area contributed by atoms with Gasteiger partial charge in [-0.1, -0.05) is 6.07 Å². The number of nitrogens with one attached hydrogen (secondary N) is 1. The Kier molecular flexibility index (Phi) is 3.75. The molecule has 1 aromatic rings. The minimum Gasteiger partial charge on any atom is -0.491 e. The maximum atomic E-state index is 13.2. The van der Waals surface area contributed by atoms with Gasteiger partial charge in [0.25, 0.3) is 0 Å². The van der Waals surface area contributed by atoms with Crippen LogP contribution in [0.1, 0.15) is 25.3 Å². The summed E-state index contributed by atoms with van der Waals surface area (Å²) in [6.07, 6.45) is 2.09. The molecule has 0 spiro atoms. The molecule has 0 heterocycles. The fourth-order valence-electron chi connectivity index (χ4n) is 1.81. The van der Waals surface area contributed by atoms with E-state index in [1.165, 1.54) is 12.1 Å². The molecule has 4 nitrogen and oxygen atoms in total. The summed E-state index contributed by atoms with van der Waals surface area (Å²) in [4.78, 5) is 11.6. The Morgan fingerprint density at radius 3 is 2.84 bits per heavy atom. The molecule has 1 aliphatic carbocycles. The summed E-state index contributed by atoms with van der Waals surface area (Å²) in [5.41, 5.74) is 5.31. The third-order valence-electron chi connectivity index (χ3n) is 3.31. The summed E-state index contributed by atoms with van der Waals surface area (Å²) < 4.78 is 18.7. The maximum absolute atomic E-state index is 13.2. The Hall–Kier alpha value is -1.62. The molecular weight excluding hydrogens is 247 g/mol. The van der Waals surface area contributed by atoms with Crippen LogP contribution in [0.5, 0.6) is 5.75 Å². The number of ether oxygens (including phenoxy) is 1. The Morgan fingerprint density at radius 2 is 2.26 bits per heavy atom. The molecule has 1 unspecified atom stereocenters. The molecule has 3 N–H and O–H groups in total. The minimum absolute atomic E-state index is 0.0864. The fourth-order valence-corrected chi connectivity index (χ4v) is 1.81. The number of halogens is 1. The van der Waals surface area contributed by atoms with E-state index in [0.29, 0.717) is 11.8 Å². The second-order valence-electron chi connectivity index (χ2n) is 5.31. The first-order chi connectivity index (χ1) is 8.90. The molecule has 1 aromatic carbocycles. The van der Waals surface area contributed by atoms with Gasteiger partial charge in [0.05, 0.1) is 0 Å². The summed E-state index contributed by atoms with van der Waals surface area (Å²) in [5.74, 6) is -0.393. The van der Waals surface area contributed by atoms with Gasteiger partial charge in [0.15, 0.2) is 0 Å². The van der Waals surface area contributed by atoms with E-state index >= 15 is 0 Å². The van der Waals surface area contributed by atoms with Crippen LogP contribution in [0.15, 0.2) is 18.2 Å². The van der Waals surface area contributed by atoms with Crippen molar-refractivity contribution in [2.24, 2.45) is 5.73 Å². The lowest BCUT2D eigenvalue weighted by molar-refractivity contribution is -0.125. The summed E-state index contributed by atoms with van der Waals surface area (Å²) in [6.45, 7) is 3.62. The average Bonchev–Trinajstić information content (AvgIpc) is 3.14. The van der Waals surface area contributed by atoms with E-state index in [1.807, 2.05) is 6.92 Å². The smallest absolute Gasteiger partial charge is 0.240 e. The number of hydrogen-bond donors (Lipinski definition) is 2. The monoisotopic (exact) mass is 266 g/mol. The van der Waals surface area contributed by atoms with Crippen molar-refractivity contribution >= 4 is 5.91 Å². The number of hydrogen-bond acceptors (Lipinski definition) is 3. The van der Waals surface area contributed by atoms with E-state index < -0.39 is 11.4 Å². The molecule has 19 heavy (non-hydrogen) atoms. The molecule has 1 amide bonds. The van der Waals surface area contributed by atoms with E-state index in [-0.39, 0.29) is 12.4 Å². The summed E-state index contributed by atoms with van der Waals surface area (Å²) >= 11 is 0. The lowest BCUT2D eigenvalue weighted by Gasteiger charge is -2.27. The number of primary amides is 1. The molecule has 1 saturated carbocycles. The lowest BCUT2D eigenvalue weighted by atomic mass is 10.0. The Bertz CT molecular complexity index is 488. The summed E-state index contributed by atoms with van der Waals surface area (Å²) in [7, 11) is 0. The Balaban J connectivity index is 2.05. The van der Waals surface area contributed by atoms with Crippen LogP contribution in [0, 0.1) is 12.7 Å². The van der Waals surface area contributed by atoms with Gasteiger partial charge in [-0.15, -0.1) is 0 Å². The van der Waals surface area contributed by atoms with Gasteiger partial charge in [0.2, 0.25) is 5.91 Å². The van der Waals surface area contributed by atoms with Gasteiger partial charge in [-0.25, -0.2) is 4.39 Å². The van der Waals surface area contributed by atoms with E-state index in [4.69, 9.17) is 10.5 Å². The molecule has 1 fully saturated rings. The molecule has 104 valence electrons. The quantitative estimate of drug-likeness (QED) is 0.820. The SMILES string of the molecule is Cc1ccc(F)cc1OCC(C)(NC1CC1)C(N)=O. The van der Waals surface area contributed by atoms with Crippen molar-refractivity contribution in [2.75, 3.05) is 6.61 Å². The van der Waals surface area contributed by atoms with Crippen LogP contribution >= 0.6 is 0 Å². The number of rotatable bonds is 6. The van der Waals surface area contributed by atoms with Crippen molar-refractivity contribution < 1.29 is 13.9 Å². The molecule has 0 aliphatic heterocycles. The van der Waals surface area contributed by atoms with Gasteiger partial charge in [-0.2, -0.15) is 0 Å². The topological polar surface area (TPSA) is 64.3 Å². The van der Waals surface area contributed by atoms with E-state index in [0.717, 1.165) is 18.4 Å². The van der Waals surface area contributed by atoms with Crippen molar-refractivity contribution in [2.45, 2.75) is 38.3 Å². The zero-order valence-corrected chi connectivity index (χ0v) is 11.2. The molecule has 5 heteroatoms. The first-order valence-corrected chi connectivity index (χ1v) is 6.37. The maximum Gasteiger partial charge on any atom is 0.240 e. The number of benzene rings is 1. The first kappa shape index (κ1) is 13.8. The van der Waals surface area contributed by atoms with Crippen LogP contribution < -0.4 is 15.8 Å². The van der Waals surface area contributed by atoms with Crippen LogP contribution in [-0.2, 0) is 4.79 Å². The van der Waals surface area contributed by atoms with Crippen LogP contribution in [0.25, 0.3) is 0 Å². The van der Waals surface area contributed by atoms with Crippen molar-refractivity contribution in [1.82, 2.24) is 5.32 Å². The largest absolute Gasteiger partial charge is 0.491 e. The van der Waals surface area contributed by atoms with Crippen molar-refractivity contribution in [3.63, 3.8) is 0 Å². The highest BCUT2D eigenvalue weighted by molar-refractivity contribution is 5.84. The number of carbonyl (C=O) groups is 1. The van der Waals surface area contributed by atoms with Crippen molar-refractivity contribution in [3.8, 4) is 5.75 Å². The highest BCUT2D eigenvalue weighted by Crippen LogP contribution is 2.24. The number of amides is 1. The predicted molar refractivity (Wildman–Crippen MR) is 70.4 cm³/mol. The van der Waals surface area contributed by atoms with E-state index in [2.05, 4.69) is 5.32 Å². The number of carbonyl (C=O) groups excluding carboxylic acids is 1. The highest BCUT2D eigenvalue weighted by Gasteiger charge is 2.37. The van der Waals surface area contributed by atoms with E-state index in [9.17, 15) is 9.18 Å². The number of aryl methyl sites for hydroxylation is 1. The predicted octanol–water partition coefficient (Wildman–Crippen LogP) is 1.51. The second-order valence-corrected chi connectivity index (χ2v) is 5.31. The average molecular weight is 266 g/mol. The van der Waals surface area contributed by atoms with E-state index in [1.54, 1.807) is 13.0 Å². The lowest BCUT2D eigenvalue weighted by Crippen LogP contribution is -2.57. The van der Waals surface area contributed by atoms with Gasteiger partial charge in [0, 0.05) is 12.1 Å². The zero-order chi connectivity index (χ0) is 14.0. The van der Waals surface area contributed by atoms with Gasteiger partial charge >= 0.3 is 0 Å². The summed E-state index contributed by atoms with van der Waals surface area (Å²) in [5, 5.41) is 3.18. The fraction of sp³-hybridized carbons (Fsp3) is 0.500. The molecule has 1 atom stereocenters. The van der Waals surface area contributed by atoms with Crippen LogP contribution in [-0.4, -0.2) is 24.1 Å². The van der Waals surface area contributed by atoms with Crippen LogP contribution in [0.3, 0.4) is 0 Å². The summed E-state index contributed by atoms with van der Waals surface area (Å²) in [6, 6.07) is 4.65. The third kappa shape index (κ3) is 3.44. The standard InChI is InChI=1S/C14H19FN2O2/c1-9-3-4-10(15)7-12(9)19-8-14(2,13(16)18)17-11-5-6-11/h3-4,7,11,17H,5-6,8H2,1-2H3,(H2,16,18). The van der Waals surface area contributed by atoms with Crippen LogP contribution in [0.2, 0.25) is 0 Å². The molecule has 2 rings (SSSR count). The molecule has 0 radical (unpaired) electrons. The van der Waals surface area contributed by atoms with Gasteiger partial charge < -0.3 is 10.5 Å². The van der Waals surface area contributed by atoms with Crippen molar-refractivity contribution in [1.29, 1.82) is 0 Å². The van der Waals surface area contributed by atoms with Gasteiger partial charge in [0.1, 0.15) is 23.7 Å². The molecular formula is C14H19FN2O2. The molecule has 0 aromatic heterocycles. The molecule has 0 saturated heterocycles. The normalized spacial score (nSPS) is 17.8. The minimum atomic E-state index is -0.931. The Morgan fingerprint density at radius 1 is 1.58 bits per heavy atom. The highest BCUT2D eigenvalue weighted by atomic mass is 19.1. The first-order valence-electron chi connectivity index (χ1n) is 6.37. The number of nitrogens with two attached hydrogens (primary N) is 1. The molecule has 1 aliphatic rings. The van der Waals surface area contributed by atoms with Gasteiger partial charge in [-0.05, 0) is 38.3 Å². The van der Waals surface area contributed by atoms with Gasteiger partial charge in [-0.3, -0.25) is 10.1 Å². The van der Waals surface area contributed by atoms with Crippen molar-refractivity contribution in [3.05, 3.63) is 29.6 Å². The zero-order valence-electron chi connectivity index (χ0n) is 11.2. The molecule has 0 bridgehead atoms. The third-order valence-corrected chi connectivity index (χ3v) is 3.31.